The van der Waals surface area contributed by atoms with Crippen LogP contribution in [0.2, 0.25) is 5.02 Å². The molecule has 5 heteroatoms. The Morgan fingerprint density at radius 1 is 1.18 bits per heavy atom. The number of thiazole rings is 1. The molecule has 1 aromatic heterocycles. The van der Waals surface area contributed by atoms with Crippen LogP contribution in [0.1, 0.15) is 35.6 Å². The molecule has 3 aliphatic rings. The molecule has 5 atom stereocenters. The van der Waals surface area contributed by atoms with Crippen molar-refractivity contribution in [2.24, 2.45) is 17.8 Å². The number of benzene rings is 1. The maximum Gasteiger partial charge on any atom is 0.305 e. The van der Waals surface area contributed by atoms with E-state index in [4.69, 9.17) is 11.6 Å². The van der Waals surface area contributed by atoms with Gasteiger partial charge in [-0.25, -0.2) is 0 Å². The van der Waals surface area contributed by atoms with Gasteiger partial charge in [0.05, 0.1) is 5.03 Å². The van der Waals surface area contributed by atoms with Gasteiger partial charge in [0, 0.05) is 21.1 Å². The van der Waals surface area contributed by atoms with Crippen LogP contribution in [0.15, 0.2) is 34.1 Å². The van der Waals surface area contributed by atoms with Crippen molar-refractivity contribution < 1.29 is 0 Å². The summed E-state index contributed by atoms with van der Waals surface area (Å²) in [5.74, 6) is 2.56. The summed E-state index contributed by atoms with van der Waals surface area (Å²) in [7, 11) is 0. The number of H-pyrrole nitrogens is 1. The Labute approximate surface area is 142 Å². The van der Waals surface area contributed by atoms with E-state index in [1.54, 1.807) is 0 Å². The molecule has 2 aliphatic carbocycles. The summed E-state index contributed by atoms with van der Waals surface area (Å²) in [6.45, 7) is 0. The van der Waals surface area contributed by atoms with Crippen molar-refractivity contribution in [1.29, 1.82) is 0 Å². The molecule has 2 nitrogen and oxygen atoms in total. The lowest BCUT2D eigenvalue weighted by molar-refractivity contribution is 0.307. The van der Waals surface area contributed by atoms with E-state index < -0.39 is 0 Å². The number of fused-ring (bicyclic) bond motifs is 6. The summed E-state index contributed by atoms with van der Waals surface area (Å²) in [6, 6.07) is 8.19. The molecule has 0 spiro atoms. The Morgan fingerprint density at radius 3 is 2.86 bits per heavy atom. The third-order valence-electron chi connectivity index (χ3n) is 5.71. The zero-order valence-corrected chi connectivity index (χ0v) is 14.3. The highest BCUT2D eigenvalue weighted by Gasteiger charge is 2.54. The van der Waals surface area contributed by atoms with Crippen LogP contribution in [0.3, 0.4) is 0 Å². The number of rotatable bonds is 1. The second-order valence-electron chi connectivity index (χ2n) is 6.70. The Bertz CT molecular complexity index is 798. The Morgan fingerprint density at radius 2 is 2.00 bits per heavy atom. The highest BCUT2D eigenvalue weighted by Crippen LogP contribution is 2.64. The fourth-order valence-electron chi connectivity index (χ4n) is 4.92. The maximum absolute atomic E-state index is 11.9. The molecule has 5 rings (SSSR count). The number of halogens is 1. The molecular weight excluding hydrogens is 334 g/mol. The molecule has 1 aliphatic heterocycles. The summed E-state index contributed by atoms with van der Waals surface area (Å²) in [5.41, 5.74) is 1.21. The van der Waals surface area contributed by atoms with Crippen LogP contribution < -0.4 is 4.87 Å². The smallest absolute Gasteiger partial charge is 0.305 e. The number of aromatic nitrogens is 1. The van der Waals surface area contributed by atoms with Crippen molar-refractivity contribution in [3.8, 4) is 0 Å². The molecule has 0 unspecified atom stereocenters. The third-order valence-corrected chi connectivity index (χ3v) is 8.67. The minimum absolute atomic E-state index is 0.0712. The summed E-state index contributed by atoms with van der Waals surface area (Å²) < 4.78 is 0. The zero-order valence-electron chi connectivity index (χ0n) is 11.9. The molecule has 0 amide bonds. The first-order valence-corrected chi connectivity index (χ1v) is 9.94. The van der Waals surface area contributed by atoms with Crippen molar-refractivity contribution in [2.75, 3.05) is 0 Å². The average Bonchev–Trinajstić information content (AvgIpc) is 3.19. The molecule has 2 fully saturated rings. The van der Waals surface area contributed by atoms with E-state index in [-0.39, 0.29) is 4.87 Å². The molecular formula is C17H16ClNOS2. The highest BCUT2D eigenvalue weighted by atomic mass is 35.5. The average molecular weight is 350 g/mol. The minimum Gasteiger partial charge on any atom is -0.307 e. The SMILES string of the molecule is O=c1[nH]c2c(s1)[C@H](c1ccccc1Cl)[C@H]1[C@H]3CC[C@H](C3)[C@H]1S2. The lowest BCUT2D eigenvalue weighted by atomic mass is 9.75. The number of aromatic amines is 1. The van der Waals surface area contributed by atoms with Crippen molar-refractivity contribution in [1.82, 2.24) is 4.98 Å². The van der Waals surface area contributed by atoms with E-state index in [2.05, 4.69) is 17.1 Å². The van der Waals surface area contributed by atoms with Gasteiger partial charge in [-0.2, -0.15) is 0 Å². The Balaban J connectivity index is 1.72. The van der Waals surface area contributed by atoms with Gasteiger partial charge in [-0.1, -0.05) is 41.1 Å². The lowest BCUT2D eigenvalue weighted by Crippen LogP contribution is -2.33. The van der Waals surface area contributed by atoms with Crippen LogP contribution in [0.5, 0.6) is 0 Å². The van der Waals surface area contributed by atoms with E-state index in [0.717, 1.165) is 21.9 Å². The van der Waals surface area contributed by atoms with Crippen molar-refractivity contribution in [3.63, 3.8) is 0 Å². The lowest BCUT2D eigenvalue weighted by Gasteiger charge is -2.40. The van der Waals surface area contributed by atoms with Gasteiger partial charge < -0.3 is 4.98 Å². The van der Waals surface area contributed by atoms with Crippen LogP contribution in [0, 0.1) is 17.8 Å². The highest BCUT2D eigenvalue weighted by molar-refractivity contribution is 8.00. The van der Waals surface area contributed by atoms with Gasteiger partial charge in [0.25, 0.3) is 0 Å². The quantitative estimate of drug-likeness (QED) is 0.806. The van der Waals surface area contributed by atoms with E-state index in [1.165, 1.54) is 41.0 Å². The monoisotopic (exact) mass is 349 g/mol. The second-order valence-corrected chi connectivity index (χ2v) is 9.31. The van der Waals surface area contributed by atoms with Crippen LogP contribution in [0.4, 0.5) is 0 Å². The van der Waals surface area contributed by atoms with E-state index >= 15 is 0 Å². The van der Waals surface area contributed by atoms with Crippen molar-refractivity contribution in [3.05, 3.63) is 49.4 Å². The number of nitrogens with one attached hydrogen (secondary N) is 1. The van der Waals surface area contributed by atoms with Gasteiger partial charge in [-0.05, 0) is 48.6 Å². The van der Waals surface area contributed by atoms with Crippen molar-refractivity contribution >= 4 is 34.7 Å². The Hall–Kier alpha value is -0.710. The van der Waals surface area contributed by atoms with Gasteiger partial charge in [-0.3, -0.25) is 4.79 Å². The molecule has 2 bridgehead atoms. The summed E-state index contributed by atoms with van der Waals surface area (Å²) in [6.07, 6.45) is 4.07. The molecule has 22 heavy (non-hydrogen) atoms. The van der Waals surface area contributed by atoms with Gasteiger partial charge in [-0.15, -0.1) is 11.8 Å². The van der Waals surface area contributed by atoms with E-state index in [9.17, 15) is 4.79 Å². The topological polar surface area (TPSA) is 32.9 Å². The number of thioether (sulfide) groups is 1. The second kappa shape index (κ2) is 4.89. The third kappa shape index (κ3) is 1.84. The molecule has 1 N–H and O–H groups in total. The van der Waals surface area contributed by atoms with Gasteiger partial charge >= 0.3 is 4.87 Å². The molecule has 0 saturated heterocycles. The van der Waals surface area contributed by atoms with Crippen LogP contribution >= 0.6 is 34.7 Å². The maximum atomic E-state index is 11.9. The molecule has 2 aromatic rings. The minimum atomic E-state index is 0.0712. The fraction of sp³-hybridized carbons (Fsp3) is 0.471. The molecule has 2 saturated carbocycles. The van der Waals surface area contributed by atoms with Crippen LogP contribution in [-0.4, -0.2) is 10.2 Å². The van der Waals surface area contributed by atoms with Gasteiger partial charge in [0.2, 0.25) is 0 Å². The predicted octanol–water partition coefficient (Wildman–Crippen LogP) is 4.74. The first kappa shape index (κ1) is 13.7. The molecule has 1 aromatic carbocycles. The summed E-state index contributed by atoms with van der Waals surface area (Å²) in [4.78, 5) is 16.3. The largest absolute Gasteiger partial charge is 0.307 e. The van der Waals surface area contributed by atoms with Crippen LogP contribution in [-0.2, 0) is 0 Å². The van der Waals surface area contributed by atoms with E-state index in [0.29, 0.717) is 17.1 Å². The first-order chi connectivity index (χ1) is 10.7. The van der Waals surface area contributed by atoms with Gasteiger partial charge in [0.15, 0.2) is 0 Å². The number of hydrogen-bond donors (Lipinski definition) is 1. The number of hydrogen-bond acceptors (Lipinski definition) is 3. The predicted molar refractivity (Wildman–Crippen MR) is 92.2 cm³/mol. The summed E-state index contributed by atoms with van der Waals surface area (Å²) >= 11 is 9.85. The fourth-order valence-corrected chi connectivity index (χ4v) is 8.06. The van der Waals surface area contributed by atoms with Crippen LogP contribution in [0.25, 0.3) is 0 Å². The van der Waals surface area contributed by atoms with E-state index in [1.807, 2.05) is 23.9 Å². The molecule has 2 heterocycles. The summed E-state index contributed by atoms with van der Waals surface area (Å²) in [5, 5.41) is 2.60. The van der Waals surface area contributed by atoms with Crippen molar-refractivity contribution in [2.45, 2.75) is 35.5 Å². The molecule has 114 valence electrons. The zero-order chi connectivity index (χ0) is 14.8. The standard InChI is InChI=1S/C17H16ClNOS2/c18-11-4-2-1-3-10(11)13-12-8-5-6-9(7-8)14(12)21-16-15(13)22-17(20)19-16/h1-4,8-9,12-14H,5-7H2,(H,19,20)/t8-,9+,12+,13+,14+/m0/s1. The molecule has 0 radical (unpaired) electrons. The normalized spacial score (nSPS) is 35.4. The first-order valence-electron chi connectivity index (χ1n) is 7.86. The van der Waals surface area contributed by atoms with Gasteiger partial charge in [0.1, 0.15) is 0 Å². The Kier molecular flexibility index (Phi) is 3.05.